The van der Waals surface area contributed by atoms with E-state index >= 15 is 0 Å². The predicted octanol–water partition coefficient (Wildman–Crippen LogP) is 6.10. The third kappa shape index (κ3) is 6.60. The van der Waals surface area contributed by atoms with Gasteiger partial charge in [-0.25, -0.2) is 9.78 Å². The Morgan fingerprint density at radius 1 is 1.03 bits per heavy atom. The molecule has 0 saturated carbocycles. The SMILES string of the molecule is COC(=O)C(C)(CCOCc1ccccc1)Oc1ccc(Oc2ncc(Cl)cc2Cl)cc1. The number of carbonyl (C=O) groups is 1. The molecule has 1 aromatic heterocycles. The molecule has 2 aromatic carbocycles. The number of pyridine rings is 1. The third-order valence-corrected chi connectivity index (χ3v) is 5.09. The molecule has 0 bridgehead atoms. The maximum atomic E-state index is 12.4. The average Bonchev–Trinajstić information content (AvgIpc) is 2.80. The van der Waals surface area contributed by atoms with Gasteiger partial charge in [-0.05, 0) is 42.8 Å². The van der Waals surface area contributed by atoms with E-state index in [9.17, 15) is 4.79 Å². The quantitative estimate of drug-likeness (QED) is 0.260. The molecule has 8 heteroatoms. The van der Waals surface area contributed by atoms with Crippen molar-refractivity contribution in [3.8, 4) is 17.4 Å². The Morgan fingerprint density at radius 3 is 2.38 bits per heavy atom. The second-order valence-corrected chi connectivity index (χ2v) is 7.97. The Kier molecular flexibility index (Phi) is 8.33. The molecule has 0 aliphatic rings. The molecular weight excluding hydrogens is 453 g/mol. The van der Waals surface area contributed by atoms with Crippen LogP contribution < -0.4 is 9.47 Å². The molecule has 1 heterocycles. The summed E-state index contributed by atoms with van der Waals surface area (Å²) < 4.78 is 22.3. The number of benzene rings is 2. The number of ether oxygens (including phenoxy) is 4. The highest BCUT2D eigenvalue weighted by molar-refractivity contribution is 6.35. The summed E-state index contributed by atoms with van der Waals surface area (Å²) >= 11 is 11.9. The Morgan fingerprint density at radius 2 is 1.72 bits per heavy atom. The molecule has 0 saturated heterocycles. The highest BCUT2D eigenvalue weighted by Gasteiger charge is 2.36. The summed E-state index contributed by atoms with van der Waals surface area (Å²) in [5, 5.41) is 0.715. The molecule has 3 aromatic rings. The minimum atomic E-state index is -1.21. The second kappa shape index (κ2) is 11.2. The summed E-state index contributed by atoms with van der Waals surface area (Å²) in [6.45, 7) is 2.44. The number of halogens is 2. The molecule has 0 aliphatic carbocycles. The first-order valence-electron chi connectivity index (χ1n) is 9.88. The Balaban J connectivity index is 1.61. The molecule has 0 amide bonds. The lowest BCUT2D eigenvalue weighted by atomic mass is 10.0. The first-order chi connectivity index (χ1) is 15.4. The van der Waals surface area contributed by atoms with Crippen LogP contribution in [0.15, 0.2) is 66.9 Å². The maximum absolute atomic E-state index is 12.4. The van der Waals surface area contributed by atoms with Gasteiger partial charge in [0.1, 0.15) is 16.5 Å². The van der Waals surface area contributed by atoms with Crippen LogP contribution in [-0.2, 0) is 20.9 Å². The van der Waals surface area contributed by atoms with Crippen molar-refractivity contribution in [1.82, 2.24) is 4.98 Å². The van der Waals surface area contributed by atoms with Gasteiger partial charge in [-0.15, -0.1) is 0 Å². The fraction of sp³-hybridized carbons (Fsp3) is 0.250. The lowest BCUT2D eigenvalue weighted by molar-refractivity contribution is -0.159. The predicted molar refractivity (Wildman–Crippen MR) is 123 cm³/mol. The summed E-state index contributed by atoms with van der Waals surface area (Å²) in [5.74, 6) is 0.724. The Labute approximate surface area is 197 Å². The van der Waals surface area contributed by atoms with Gasteiger partial charge < -0.3 is 18.9 Å². The summed E-state index contributed by atoms with van der Waals surface area (Å²) in [5.41, 5.74) is -0.159. The van der Waals surface area contributed by atoms with Crippen LogP contribution >= 0.6 is 23.2 Å². The smallest absolute Gasteiger partial charge is 0.350 e. The zero-order valence-corrected chi connectivity index (χ0v) is 19.2. The topological polar surface area (TPSA) is 66.9 Å². The van der Waals surface area contributed by atoms with Gasteiger partial charge in [-0.1, -0.05) is 53.5 Å². The van der Waals surface area contributed by atoms with Crippen molar-refractivity contribution >= 4 is 29.2 Å². The molecule has 0 radical (unpaired) electrons. The average molecular weight is 476 g/mol. The van der Waals surface area contributed by atoms with Crippen molar-refractivity contribution in [2.24, 2.45) is 0 Å². The standard InChI is InChI=1S/C24H23Cl2NO5/c1-24(23(28)29-2,12-13-30-16-17-6-4-3-5-7-17)32-20-10-8-19(9-11-20)31-22-21(26)14-18(25)15-27-22/h3-11,14-15H,12-13,16H2,1-2H3. The summed E-state index contributed by atoms with van der Waals surface area (Å²) in [7, 11) is 1.33. The molecule has 0 fully saturated rings. The van der Waals surface area contributed by atoms with Gasteiger partial charge in [-0.2, -0.15) is 0 Å². The highest BCUT2D eigenvalue weighted by Crippen LogP contribution is 2.31. The van der Waals surface area contributed by atoms with Gasteiger partial charge in [0.2, 0.25) is 11.5 Å². The third-order valence-electron chi connectivity index (χ3n) is 4.61. The van der Waals surface area contributed by atoms with E-state index in [4.69, 9.17) is 42.1 Å². The molecule has 1 unspecified atom stereocenters. The van der Waals surface area contributed by atoms with Crippen molar-refractivity contribution in [3.63, 3.8) is 0 Å². The van der Waals surface area contributed by atoms with Crippen molar-refractivity contribution in [1.29, 1.82) is 0 Å². The zero-order chi connectivity index (χ0) is 23.0. The van der Waals surface area contributed by atoms with Crippen molar-refractivity contribution in [3.05, 3.63) is 82.5 Å². The lowest BCUT2D eigenvalue weighted by Gasteiger charge is -2.28. The van der Waals surface area contributed by atoms with E-state index in [0.717, 1.165) is 5.56 Å². The van der Waals surface area contributed by atoms with Crippen LogP contribution in [0.5, 0.6) is 17.4 Å². The van der Waals surface area contributed by atoms with E-state index in [1.165, 1.54) is 13.3 Å². The van der Waals surface area contributed by atoms with Gasteiger partial charge in [-0.3, -0.25) is 0 Å². The number of methoxy groups -OCH3 is 1. The van der Waals surface area contributed by atoms with Crippen molar-refractivity contribution < 1.29 is 23.7 Å². The van der Waals surface area contributed by atoms with Crippen LogP contribution in [0.2, 0.25) is 10.0 Å². The fourth-order valence-electron chi connectivity index (χ4n) is 2.87. The number of hydrogen-bond donors (Lipinski definition) is 0. The van der Waals surface area contributed by atoms with E-state index in [1.807, 2.05) is 30.3 Å². The van der Waals surface area contributed by atoms with Gasteiger partial charge >= 0.3 is 5.97 Å². The molecule has 0 N–H and O–H groups in total. The molecule has 1 atom stereocenters. The van der Waals surface area contributed by atoms with Crippen LogP contribution in [-0.4, -0.2) is 30.3 Å². The maximum Gasteiger partial charge on any atom is 0.350 e. The van der Waals surface area contributed by atoms with Crippen LogP contribution in [0.25, 0.3) is 0 Å². The van der Waals surface area contributed by atoms with Gasteiger partial charge in [0, 0.05) is 12.6 Å². The first-order valence-corrected chi connectivity index (χ1v) is 10.6. The van der Waals surface area contributed by atoms with Gasteiger partial charge in [0.15, 0.2) is 0 Å². The zero-order valence-electron chi connectivity index (χ0n) is 17.7. The number of aromatic nitrogens is 1. The number of carbonyl (C=O) groups excluding carboxylic acids is 1. The van der Waals surface area contributed by atoms with E-state index in [1.54, 1.807) is 37.3 Å². The van der Waals surface area contributed by atoms with Gasteiger partial charge in [0.25, 0.3) is 0 Å². The highest BCUT2D eigenvalue weighted by atomic mass is 35.5. The van der Waals surface area contributed by atoms with E-state index in [2.05, 4.69) is 4.98 Å². The Hall–Kier alpha value is -2.80. The number of hydrogen-bond acceptors (Lipinski definition) is 6. The molecule has 3 rings (SSSR count). The van der Waals surface area contributed by atoms with E-state index < -0.39 is 11.6 Å². The summed E-state index contributed by atoms with van der Waals surface area (Å²) in [6, 6.07) is 18.1. The monoisotopic (exact) mass is 475 g/mol. The van der Waals surface area contributed by atoms with Crippen molar-refractivity contribution in [2.45, 2.75) is 25.6 Å². The minimum Gasteiger partial charge on any atom is -0.476 e. The molecule has 0 spiro atoms. The molecule has 32 heavy (non-hydrogen) atoms. The normalized spacial score (nSPS) is 12.6. The number of esters is 1. The number of nitrogens with zero attached hydrogens (tertiary/aromatic N) is 1. The molecule has 168 valence electrons. The minimum absolute atomic E-state index is 0.236. The molecule has 0 aliphatic heterocycles. The van der Waals surface area contributed by atoms with Crippen molar-refractivity contribution in [2.75, 3.05) is 13.7 Å². The van der Waals surface area contributed by atoms with Crippen LogP contribution in [0, 0.1) is 0 Å². The largest absolute Gasteiger partial charge is 0.476 e. The van der Waals surface area contributed by atoms with E-state index in [-0.39, 0.29) is 5.88 Å². The Bertz CT molecular complexity index is 1030. The van der Waals surface area contributed by atoms with Crippen LogP contribution in [0.3, 0.4) is 0 Å². The first kappa shape index (κ1) is 23.9. The summed E-state index contributed by atoms with van der Waals surface area (Å²) in [6.07, 6.45) is 1.76. The van der Waals surface area contributed by atoms with Gasteiger partial charge in [0.05, 0.1) is 25.3 Å². The lowest BCUT2D eigenvalue weighted by Crippen LogP contribution is -2.43. The fourth-order valence-corrected chi connectivity index (χ4v) is 3.29. The molecule has 6 nitrogen and oxygen atoms in total. The summed E-state index contributed by atoms with van der Waals surface area (Å²) in [4.78, 5) is 16.5. The van der Waals surface area contributed by atoms with E-state index in [0.29, 0.717) is 41.2 Å². The number of rotatable bonds is 10. The second-order valence-electron chi connectivity index (χ2n) is 7.13. The van der Waals surface area contributed by atoms with Crippen LogP contribution in [0.1, 0.15) is 18.9 Å². The molecular formula is C24H23Cl2NO5. The van der Waals surface area contributed by atoms with Crippen LogP contribution in [0.4, 0.5) is 0 Å².